The highest BCUT2D eigenvalue weighted by Gasteiger charge is 1.98. The first kappa shape index (κ1) is 7.41. The van der Waals surface area contributed by atoms with Crippen LogP contribution in [0.5, 0.6) is 0 Å². The molecule has 0 saturated heterocycles. The molecule has 1 aromatic heterocycles. The van der Waals surface area contributed by atoms with Crippen molar-refractivity contribution in [3.63, 3.8) is 0 Å². The van der Waals surface area contributed by atoms with Crippen LogP contribution in [0.4, 0.5) is 0 Å². The molecule has 0 spiro atoms. The topological polar surface area (TPSA) is 15.8 Å². The van der Waals surface area contributed by atoms with E-state index in [2.05, 4.69) is 43.1 Å². The highest BCUT2D eigenvalue weighted by Crippen LogP contribution is 2.04. The number of aromatic amines is 1. The summed E-state index contributed by atoms with van der Waals surface area (Å²) in [6.45, 7) is 4.34. The quantitative estimate of drug-likeness (QED) is 0.585. The molecule has 12 heavy (non-hydrogen) atoms. The molecule has 1 heteroatoms. The average Bonchev–Trinajstić information content (AvgIpc) is 2.44. The number of allylic oxidation sites excluding steroid dienone is 2. The minimum absolute atomic E-state index is 0.528. The van der Waals surface area contributed by atoms with Crippen molar-refractivity contribution in [2.45, 2.75) is 13.8 Å². The zero-order valence-corrected chi connectivity index (χ0v) is 7.46. The average molecular weight is 159 g/mol. The van der Waals surface area contributed by atoms with E-state index in [4.69, 9.17) is 0 Å². The predicted octanol–water partition coefficient (Wildman–Crippen LogP) is 1.17. The van der Waals surface area contributed by atoms with E-state index in [-0.39, 0.29) is 0 Å². The summed E-state index contributed by atoms with van der Waals surface area (Å²) < 4.78 is 0. The molecule has 0 aliphatic heterocycles. The van der Waals surface area contributed by atoms with Gasteiger partial charge in [-0.05, 0) is 24.5 Å². The lowest BCUT2D eigenvalue weighted by atomic mass is 10.1. The monoisotopic (exact) mass is 159 g/mol. The molecular formula is C11H13N. The SMILES string of the molecule is CC1=c2cc[nH]c2=CC(C)C=C1. The van der Waals surface area contributed by atoms with Crippen LogP contribution < -0.4 is 10.6 Å². The van der Waals surface area contributed by atoms with E-state index in [1.54, 1.807) is 0 Å². The smallest absolute Gasteiger partial charge is 0.0421 e. The van der Waals surface area contributed by atoms with Gasteiger partial charge < -0.3 is 4.98 Å². The Balaban J connectivity index is 2.82. The van der Waals surface area contributed by atoms with Gasteiger partial charge in [-0.3, -0.25) is 0 Å². The van der Waals surface area contributed by atoms with E-state index in [0.717, 1.165) is 0 Å². The molecule has 2 rings (SSSR count). The second-order valence-corrected chi connectivity index (χ2v) is 3.37. The lowest BCUT2D eigenvalue weighted by molar-refractivity contribution is 0.991. The molecule has 0 fully saturated rings. The molecule has 0 radical (unpaired) electrons. The van der Waals surface area contributed by atoms with E-state index in [1.807, 2.05) is 6.20 Å². The van der Waals surface area contributed by atoms with Crippen LogP contribution >= 0.6 is 0 Å². The summed E-state index contributed by atoms with van der Waals surface area (Å²) in [5.74, 6) is 0.528. The number of rotatable bonds is 0. The van der Waals surface area contributed by atoms with Crippen molar-refractivity contribution in [3.05, 3.63) is 35.0 Å². The van der Waals surface area contributed by atoms with Crippen molar-refractivity contribution in [3.8, 4) is 0 Å². The Morgan fingerprint density at radius 3 is 3.08 bits per heavy atom. The summed E-state index contributed by atoms with van der Waals surface area (Å²) >= 11 is 0. The van der Waals surface area contributed by atoms with Gasteiger partial charge in [-0.15, -0.1) is 0 Å². The Hall–Kier alpha value is -1.24. The molecule has 1 unspecified atom stereocenters. The Labute approximate surface area is 72.1 Å². The van der Waals surface area contributed by atoms with Crippen LogP contribution in [0.3, 0.4) is 0 Å². The Bertz CT molecular complexity index is 420. The molecule has 62 valence electrons. The largest absolute Gasteiger partial charge is 0.361 e. The van der Waals surface area contributed by atoms with Gasteiger partial charge in [0.25, 0.3) is 0 Å². The van der Waals surface area contributed by atoms with Crippen molar-refractivity contribution in [1.29, 1.82) is 0 Å². The molecule has 1 aliphatic rings. The first-order valence-corrected chi connectivity index (χ1v) is 4.32. The second kappa shape index (κ2) is 2.67. The third kappa shape index (κ3) is 1.11. The zero-order chi connectivity index (χ0) is 8.55. The van der Waals surface area contributed by atoms with Gasteiger partial charge in [-0.25, -0.2) is 0 Å². The van der Waals surface area contributed by atoms with Crippen LogP contribution in [-0.2, 0) is 0 Å². The summed E-state index contributed by atoms with van der Waals surface area (Å²) in [5.41, 5.74) is 1.34. The van der Waals surface area contributed by atoms with E-state index < -0.39 is 0 Å². The molecule has 0 aromatic carbocycles. The van der Waals surface area contributed by atoms with Crippen LogP contribution in [0.2, 0.25) is 0 Å². The van der Waals surface area contributed by atoms with Crippen LogP contribution in [0, 0.1) is 5.92 Å². The third-order valence-electron chi connectivity index (χ3n) is 2.28. The van der Waals surface area contributed by atoms with Gasteiger partial charge in [-0.2, -0.15) is 0 Å². The standard InChI is InChI=1S/C11H13N/c1-8-3-4-9(2)10-5-6-12-11(10)7-8/h3-8,12H,1-2H3. The summed E-state index contributed by atoms with van der Waals surface area (Å²) in [5, 5.41) is 2.58. The maximum Gasteiger partial charge on any atom is 0.0421 e. The number of hydrogen-bond donors (Lipinski definition) is 1. The van der Waals surface area contributed by atoms with Gasteiger partial charge in [0.05, 0.1) is 0 Å². The molecule has 0 amide bonds. The number of fused-ring (bicyclic) bond motifs is 1. The number of H-pyrrole nitrogens is 1. The fraction of sp³-hybridized carbons (Fsp3) is 0.273. The minimum Gasteiger partial charge on any atom is -0.361 e. The summed E-state index contributed by atoms with van der Waals surface area (Å²) in [4.78, 5) is 3.24. The van der Waals surface area contributed by atoms with Gasteiger partial charge in [0.2, 0.25) is 0 Å². The molecule has 1 atom stereocenters. The van der Waals surface area contributed by atoms with Crippen molar-refractivity contribution in [2.75, 3.05) is 0 Å². The van der Waals surface area contributed by atoms with Crippen molar-refractivity contribution in [2.24, 2.45) is 5.92 Å². The van der Waals surface area contributed by atoms with E-state index >= 15 is 0 Å². The summed E-state index contributed by atoms with van der Waals surface area (Å²) in [6, 6.07) is 2.13. The third-order valence-corrected chi connectivity index (χ3v) is 2.28. The van der Waals surface area contributed by atoms with Crippen LogP contribution in [0.25, 0.3) is 11.6 Å². The molecule has 1 nitrogen and oxygen atoms in total. The molecule has 1 heterocycles. The molecule has 1 N–H and O–H groups in total. The number of aromatic nitrogens is 1. The molecule has 1 aromatic rings. The van der Waals surface area contributed by atoms with E-state index in [1.165, 1.54) is 16.1 Å². The summed E-state index contributed by atoms with van der Waals surface area (Å²) in [7, 11) is 0. The van der Waals surface area contributed by atoms with Gasteiger partial charge in [0, 0.05) is 16.8 Å². The fourth-order valence-corrected chi connectivity index (χ4v) is 1.57. The maximum atomic E-state index is 3.24. The van der Waals surface area contributed by atoms with E-state index in [0.29, 0.717) is 5.92 Å². The normalized spacial score (nSPS) is 21.5. The number of nitrogens with one attached hydrogen (secondary N) is 1. The van der Waals surface area contributed by atoms with Gasteiger partial charge in [0.15, 0.2) is 0 Å². The lowest BCUT2D eigenvalue weighted by Gasteiger charge is -1.92. The lowest BCUT2D eigenvalue weighted by Crippen LogP contribution is -2.23. The van der Waals surface area contributed by atoms with Gasteiger partial charge in [0.1, 0.15) is 0 Å². The molecule has 0 saturated carbocycles. The molecular weight excluding hydrogens is 146 g/mol. The van der Waals surface area contributed by atoms with Crippen molar-refractivity contribution >= 4 is 11.6 Å². The van der Waals surface area contributed by atoms with Crippen molar-refractivity contribution in [1.82, 2.24) is 4.98 Å². The van der Waals surface area contributed by atoms with Gasteiger partial charge >= 0.3 is 0 Å². The highest BCUT2D eigenvalue weighted by atomic mass is 14.6. The zero-order valence-electron chi connectivity index (χ0n) is 7.46. The number of hydrogen-bond acceptors (Lipinski definition) is 0. The Morgan fingerprint density at radius 2 is 2.25 bits per heavy atom. The van der Waals surface area contributed by atoms with E-state index in [9.17, 15) is 0 Å². The second-order valence-electron chi connectivity index (χ2n) is 3.37. The molecule has 0 bridgehead atoms. The van der Waals surface area contributed by atoms with Crippen LogP contribution in [0.1, 0.15) is 13.8 Å². The first-order valence-electron chi connectivity index (χ1n) is 4.32. The highest BCUT2D eigenvalue weighted by molar-refractivity contribution is 5.57. The Kier molecular flexibility index (Phi) is 1.65. The van der Waals surface area contributed by atoms with Gasteiger partial charge in [-0.1, -0.05) is 25.2 Å². The Morgan fingerprint density at radius 1 is 1.42 bits per heavy atom. The van der Waals surface area contributed by atoms with Crippen molar-refractivity contribution < 1.29 is 0 Å². The fourth-order valence-electron chi connectivity index (χ4n) is 1.57. The van der Waals surface area contributed by atoms with Crippen LogP contribution in [0.15, 0.2) is 24.4 Å². The van der Waals surface area contributed by atoms with Crippen LogP contribution in [-0.4, -0.2) is 4.98 Å². The summed E-state index contributed by atoms with van der Waals surface area (Å²) in [6.07, 6.45) is 8.67. The first-order chi connectivity index (χ1) is 5.77. The maximum absolute atomic E-state index is 3.24. The minimum atomic E-state index is 0.528. The predicted molar refractivity (Wildman–Crippen MR) is 51.9 cm³/mol. The molecule has 1 aliphatic carbocycles.